The lowest BCUT2D eigenvalue weighted by molar-refractivity contribution is 0.600. The summed E-state index contributed by atoms with van der Waals surface area (Å²) in [5.74, 6) is 0. The molecule has 0 fully saturated rings. The first-order chi connectivity index (χ1) is 6.83. The third-order valence-electron chi connectivity index (χ3n) is 1.37. The number of hydrogen-bond donors (Lipinski definition) is 0. The van der Waals surface area contributed by atoms with E-state index < -0.39 is 33.4 Å². The zero-order valence-electron chi connectivity index (χ0n) is 7.40. The van der Waals surface area contributed by atoms with E-state index in [0.717, 1.165) is 10.8 Å². The molecule has 82 valence electrons. The maximum absolute atomic E-state index is 11.2. The van der Waals surface area contributed by atoms with Crippen molar-refractivity contribution >= 4 is 28.4 Å². The van der Waals surface area contributed by atoms with Crippen LogP contribution in [0.1, 0.15) is 0 Å². The Morgan fingerprint density at radius 2 is 1.80 bits per heavy atom. The van der Waals surface area contributed by atoms with Crippen LogP contribution in [0.2, 0.25) is 0 Å². The van der Waals surface area contributed by atoms with Crippen LogP contribution in [0.5, 0.6) is 0 Å². The molecule has 15 heavy (non-hydrogen) atoms. The maximum atomic E-state index is 11.2. The summed E-state index contributed by atoms with van der Waals surface area (Å²) in [7, 11) is -8.96. The molecule has 6 nitrogen and oxygen atoms in total. The topological polar surface area (TPSA) is 94.1 Å². The van der Waals surface area contributed by atoms with Gasteiger partial charge in [-0.3, -0.25) is 0 Å². The van der Waals surface area contributed by atoms with E-state index in [9.17, 15) is 16.8 Å². The molecular weight excluding hydrogens is 260 g/mol. The van der Waals surface area contributed by atoms with Crippen LogP contribution < -0.4 is 0 Å². The van der Waals surface area contributed by atoms with Crippen LogP contribution in [0, 0.1) is 0 Å². The van der Waals surface area contributed by atoms with Crippen LogP contribution in [0.25, 0.3) is 0 Å². The third kappa shape index (κ3) is 2.30. The molecule has 0 aliphatic heterocycles. The minimum atomic E-state index is -3.73. The van der Waals surface area contributed by atoms with E-state index in [0.29, 0.717) is 5.41 Å². The highest BCUT2D eigenvalue weighted by atomic mass is 33.2. The van der Waals surface area contributed by atoms with Crippen molar-refractivity contribution in [3.05, 3.63) is 29.4 Å². The predicted octanol–water partition coefficient (Wildman–Crippen LogP) is 0.464. The zero-order chi connectivity index (χ0) is 11.7. The van der Waals surface area contributed by atoms with E-state index in [-0.39, 0.29) is 0 Å². The minimum absolute atomic E-state index is 0.397. The van der Waals surface area contributed by atoms with Gasteiger partial charge in [-0.05, 0) is 0 Å². The van der Waals surface area contributed by atoms with Gasteiger partial charge in [0.2, 0.25) is 29.9 Å². The van der Waals surface area contributed by atoms with Gasteiger partial charge in [0.15, 0.2) is 0 Å². The largest absolute Gasteiger partial charge is 0.383 e. The number of aromatic nitrogens is 2. The molecule has 9 heteroatoms. The fraction of sp³-hybridized carbons (Fsp3) is 0. The van der Waals surface area contributed by atoms with E-state index in [1.165, 1.54) is 0 Å². The number of nitrogens with zero attached hydrogens (tertiary/aromatic N) is 2. The lowest BCUT2D eigenvalue weighted by Crippen LogP contribution is -1.95. The van der Waals surface area contributed by atoms with E-state index in [1.807, 2.05) is 0 Å². The molecule has 1 rings (SSSR count). The Kier molecular flexibility index (Phi) is 3.07. The second kappa shape index (κ2) is 3.83. The number of sulfone groups is 1. The minimum Gasteiger partial charge on any atom is -0.217 e. The first-order valence-corrected chi connectivity index (χ1v) is 8.31. The van der Waals surface area contributed by atoms with Crippen LogP contribution in [0.15, 0.2) is 34.4 Å². The van der Waals surface area contributed by atoms with Crippen molar-refractivity contribution in [3.63, 3.8) is 0 Å². The molecule has 0 bridgehead atoms. The van der Waals surface area contributed by atoms with Crippen molar-refractivity contribution in [2.24, 2.45) is 0 Å². The van der Waals surface area contributed by atoms with Gasteiger partial charge >= 0.3 is 8.87 Å². The van der Waals surface area contributed by atoms with Gasteiger partial charge in [-0.2, -0.15) is 8.42 Å². The first-order valence-electron chi connectivity index (χ1n) is 3.46. The Morgan fingerprint density at radius 1 is 1.20 bits per heavy atom. The maximum Gasteiger partial charge on any atom is 0.383 e. The highest BCUT2D eigenvalue weighted by Gasteiger charge is 2.29. The van der Waals surface area contributed by atoms with Gasteiger partial charge in [0, 0.05) is 5.41 Å². The monoisotopic (exact) mass is 267 g/mol. The van der Waals surface area contributed by atoms with Gasteiger partial charge < -0.3 is 0 Å². The standard InChI is InChI=1S/C6H7N2O4S3/c1-3-14(9,10)6-5-13(8-7-6)15(11,12)4-2/h3-5H,1-2H2/q+1. The van der Waals surface area contributed by atoms with Crippen molar-refractivity contribution in [2.75, 3.05) is 0 Å². The molecule has 1 unspecified atom stereocenters. The molecule has 0 spiro atoms. The lowest BCUT2D eigenvalue weighted by atomic mass is 11.0. The molecule has 0 aliphatic rings. The van der Waals surface area contributed by atoms with Gasteiger partial charge in [-0.1, -0.05) is 18.3 Å². The summed E-state index contributed by atoms with van der Waals surface area (Å²) in [4.78, 5) is 0. The molecule has 1 heterocycles. The molecule has 0 aliphatic carbocycles. The smallest absolute Gasteiger partial charge is 0.217 e. The molecule has 0 N–H and O–H groups in total. The van der Waals surface area contributed by atoms with Gasteiger partial charge in [0.1, 0.15) is 0 Å². The number of rotatable bonds is 4. The fourth-order valence-electron chi connectivity index (χ4n) is 0.606. The Hall–Kier alpha value is -1.06. The molecule has 0 saturated heterocycles. The van der Waals surface area contributed by atoms with Gasteiger partial charge in [0.25, 0.3) is 0 Å². The van der Waals surface area contributed by atoms with E-state index in [2.05, 4.69) is 22.7 Å². The van der Waals surface area contributed by atoms with Crippen LogP contribution in [0.3, 0.4) is 0 Å². The molecule has 0 radical (unpaired) electrons. The first kappa shape index (κ1) is 12.0. The van der Waals surface area contributed by atoms with E-state index in [1.54, 1.807) is 0 Å². The fourth-order valence-corrected chi connectivity index (χ4v) is 4.25. The van der Waals surface area contributed by atoms with Crippen LogP contribution >= 0.6 is 9.70 Å². The van der Waals surface area contributed by atoms with Gasteiger partial charge in [-0.15, -0.1) is 0 Å². The normalized spacial score (nSPS) is 13.5. The number of hydrogen-bond acceptors (Lipinski definition) is 6. The molecule has 0 aromatic carbocycles. The lowest BCUT2D eigenvalue weighted by Gasteiger charge is -1.84. The summed E-state index contributed by atoms with van der Waals surface area (Å²) >= 11 is 0. The highest BCUT2D eigenvalue weighted by Crippen LogP contribution is 2.25. The molecule has 1 atom stereocenters. The van der Waals surface area contributed by atoms with Crippen LogP contribution in [-0.4, -0.2) is 26.4 Å². The summed E-state index contributed by atoms with van der Waals surface area (Å²) < 4.78 is 48.2. The summed E-state index contributed by atoms with van der Waals surface area (Å²) in [6, 6.07) is 0. The second-order valence-corrected chi connectivity index (χ2v) is 8.82. The summed E-state index contributed by atoms with van der Waals surface area (Å²) in [5, 5.41) is 5.26. The molecule has 0 amide bonds. The highest BCUT2D eigenvalue weighted by molar-refractivity contribution is 8.39. The quantitative estimate of drug-likeness (QED) is 0.581. The second-order valence-electron chi connectivity index (χ2n) is 2.29. The molecule has 1 aromatic rings. The molecular formula is C6H7N2O4S3+. The van der Waals surface area contributed by atoms with Crippen molar-refractivity contribution in [1.29, 1.82) is 0 Å². The predicted molar refractivity (Wildman–Crippen MR) is 56.4 cm³/mol. The summed E-state index contributed by atoms with van der Waals surface area (Å²) in [5.41, 5.74) is 0. The molecule has 1 aromatic heterocycles. The Morgan fingerprint density at radius 3 is 2.27 bits per heavy atom. The zero-order valence-corrected chi connectivity index (χ0v) is 9.85. The van der Waals surface area contributed by atoms with Gasteiger partial charge in [-0.25, -0.2) is 8.42 Å². The van der Waals surface area contributed by atoms with Crippen molar-refractivity contribution < 1.29 is 16.8 Å². The Labute approximate surface area is 89.3 Å². The Balaban J connectivity index is 3.35. The summed E-state index contributed by atoms with van der Waals surface area (Å²) in [6.07, 6.45) is 0. The van der Waals surface area contributed by atoms with Crippen molar-refractivity contribution in [3.8, 4) is 0 Å². The van der Waals surface area contributed by atoms with Crippen LogP contribution in [-0.2, 0) is 18.7 Å². The Bertz CT molecular complexity index is 544. The van der Waals surface area contributed by atoms with E-state index >= 15 is 0 Å². The van der Waals surface area contributed by atoms with Crippen molar-refractivity contribution in [1.82, 2.24) is 9.59 Å². The molecule has 0 saturated carbocycles. The van der Waals surface area contributed by atoms with Gasteiger partial charge in [0.05, 0.1) is 9.90 Å². The average Bonchev–Trinajstić information content (AvgIpc) is 2.67. The SMILES string of the molecule is C=CS(=O)(=O)c1c[s+](S(=O)(=O)C=C)nn1. The summed E-state index contributed by atoms with van der Waals surface area (Å²) in [6.45, 7) is 6.19. The van der Waals surface area contributed by atoms with E-state index in [4.69, 9.17) is 0 Å². The third-order valence-corrected chi connectivity index (χ3v) is 6.62. The van der Waals surface area contributed by atoms with Crippen molar-refractivity contribution in [2.45, 2.75) is 5.03 Å². The van der Waals surface area contributed by atoms with Crippen LogP contribution in [0.4, 0.5) is 0 Å². The average molecular weight is 267 g/mol.